The number of anilines is 1. The fourth-order valence-electron chi connectivity index (χ4n) is 2.91. The predicted octanol–water partition coefficient (Wildman–Crippen LogP) is 3.52. The predicted molar refractivity (Wildman–Crippen MR) is 125 cm³/mol. The quantitative estimate of drug-likeness (QED) is 0.347. The Morgan fingerprint density at radius 2 is 2.06 bits per heavy atom. The molecule has 3 aromatic heterocycles. The minimum atomic E-state index is -0.729. The Morgan fingerprint density at radius 3 is 2.74 bits per heavy atom. The van der Waals surface area contributed by atoms with Crippen molar-refractivity contribution in [2.45, 2.75) is 19.4 Å². The third-order valence-electron chi connectivity index (χ3n) is 4.80. The third-order valence-corrected chi connectivity index (χ3v) is 5.12. The third kappa shape index (κ3) is 6.07. The van der Waals surface area contributed by atoms with Crippen LogP contribution in [-0.2, 0) is 16.5 Å². The van der Waals surface area contributed by atoms with E-state index < -0.39 is 12.2 Å². The number of amides is 2. The van der Waals surface area contributed by atoms with Crippen LogP contribution < -0.4 is 10.6 Å². The molecule has 0 radical (unpaired) electrons. The molecule has 2 N–H and O–H groups in total. The van der Waals surface area contributed by atoms with E-state index in [-0.39, 0.29) is 16.9 Å². The van der Waals surface area contributed by atoms with Gasteiger partial charge in [0.2, 0.25) is 0 Å². The number of aromatic nitrogens is 5. The minimum Gasteiger partial charge on any atom is -0.502 e. The zero-order valence-corrected chi connectivity index (χ0v) is 19.7. The summed E-state index contributed by atoms with van der Waals surface area (Å²) in [6.07, 6.45) is 2.10. The highest BCUT2D eigenvalue weighted by Crippen LogP contribution is 2.26. The number of pyridine rings is 2. The molecule has 0 aromatic carbocycles. The number of nitrogens with zero attached hydrogens (tertiary/aromatic N) is 5. The number of methoxy groups -OCH3 is 1. The van der Waals surface area contributed by atoms with Crippen LogP contribution in [0, 0.1) is 0 Å². The van der Waals surface area contributed by atoms with Gasteiger partial charge in [-0.2, -0.15) is 0 Å². The van der Waals surface area contributed by atoms with Crippen molar-refractivity contribution in [3.8, 4) is 11.4 Å². The normalized spacial score (nSPS) is 11.4. The molecule has 34 heavy (non-hydrogen) atoms. The summed E-state index contributed by atoms with van der Waals surface area (Å²) in [4.78, 5) is 33.1. The van der Waals surface area contributed by atoms with Gasteiger partial charge in [-0.1, -0.05) is 29.5 Å². The summed E-state index contributed by atoms with van der Waals surface area (Å²) in [7, 11) is 3.14. The molecule has 0 aliphatic carbocycles. The van der Waals surface area contributed by atoms with Gasteiger partial charge in [-0.05, 0) is 25.1 Å². The van der Waals surface area contributed by atoms with Crippen LogP contribution in [0.5, 0.6) is 0 Å². The number of hydrogen-bond acceptors (Lipinski definition) is 8. The van der Waals surface area contributed by atoms with Crippen molar-refractivity contribution in [1.82, 2.24) is 30.3 Å². The first-order chi connectivity index (χ1) is 16.3. The number of ether oxygens (including phenoxy) is 2. The summed E-state index contributed by atoms with van der Waals surface area (Å²) >= 11 is 6.07. The number of rotatable bonds is 9. The van der Waals surface area contributed by atoms with Gasteiger partial charge in [0.15, 0.2) is 11.5 Å². The first-order valence-electron chi connectivity index (χ1n) is 10.2. The molecule has 11 nitrogen and oxygen atoms in total. The first-order valence-corrected chi connectivity index (χ1v) is 10.6. The number of aryl methyl sites for hydroxylation is 1. The molecular formula is C22H24ClN7O4. The molecular weight excluding hydrogens is 462 g/mol. The lowest BCUT2D eigenvalue weighted by Gasteiger charge is -2.15. The molecule has 0 spiro atoms. The summed E-state index contributed by atoms with van der Waals surface area (Å²) in [5.41, 5.74) is 1.67. The number of halogens is 1. The largest absolute Gasteiger partial charge is 0.502 e. The Hall–Kier alpha value is -3.99. The van der Waals surface area contributed by atoms with E-state index in [2.05, 4.69) is 37.5 Å². The molecule has 2 amide bonds. The van der Waals surface area contributed by atoms with Crippen LogP contribution in [0.2, 0.25) is 5.15 Å². The minimum absolute atomic E-state index is 0.252. The molecule has 12 heteroatoms. The van der Waals surface area contributed by atoms with Gasteiger partial charge in [-0.3, -0.25) is 15.1 Å². The van der Waals surface area contributed by atoms with Gasteiger partial charge in [0.1, 0.15) is 11.3 Å². The van der Waals surface area contributed by atoms with E-state index in [0.29, 0.717) is 41.2 Å². The Labute approximate surface area is 201 Å². The fourth-order valence-corrected chi connectivity index (χ4v) is 3.18. The molecule has 0 saturated heterocycles. The van der Waals surface area contributed by atoms with Crippen LogP contribution in [0.4, 0.5) is 10.6 Å². The monoisotopic (exact) mass is 485 g/mol. The van der Waals surface area contributed by atoms with Gasteiger partial charge >= 0.3 is 6.09 Å². The maximum absolute atomic E-state index is 12.5. The fraction of sp³-hybridized carbons (Fsp3) is 0.273. The van der Waals surface area contributed by atoms with Crippen LogP contribution in [0.3, 0.4) is 0 Å². The molecule has 3 aromatic rings. The van der Waals surface area contributed by atoms with E-state index in [1.165, 1.54) is 18.0 Å². The summed E-state index contributed by atoms with van der Waals surface area (Å²) in [6.45, 7) is 5.77. The Balaban J connectivity index is 1.67. The van der Waals surface area contributed by atoms with Crippen molar-refractivity contribution in [3.05, 3.63) is 65.3 Å². The van der Waals surface area contributed by atoms with E-state index in [4.69, 9.17) is 21.1 Å². The highest BCUT2D eigenvalue weighted by atomic mass is 35.5. The molecule has 0 saturated carbocycles. The molecule has 1 atom stereocenters. The van der Waals surface area contributed by atoms with Gasteiger partial charge in [-0.25, -0.2) is 14.5 Å². The van der Waals surface area contributed by atoms with Crippen molar-refractivity contribution in [1.29, 1.82) is 0 Å². The molecule has 0 fully saturated rings. The van der Waals surface area contributed by atoms with E-state index in [1.807, 2.05) is 0 Å². The highest BCUT2D eigenvalue weighted by Gasteiger charge is 2.20. The van der Waals surface area contributed by atoms with Crippen molar-refractivity contribution < 1.29 is 19.1 Å². The lowest BCUT2D eigenvalue weighted by Crippen LogP contribution is -2.24. The van der Waals surface area contributed by atoms with Crippen LogP contribution >= 0.6 is 11.6 Å². The average molecular weight is 486 g/mol. The molecule has 0 aliphatic heterocycles. The van der Waals surface area contributed by atoms with Crippen LogP contribution in [0.25, 0.3) is 11.4 Å². The summed E-state index contributed by atoms with van der Waals surface area (Å²) in [5.74, 6) is 0.567. The van der Waals surface area contributed by atoms with Gasteiger partial charge in [0, 0.05) is 38.0 Å². The Bertz CT molecular complexity index is 1180. The van der Waals surface area contributed by atoms with Gasteiger partial charge in [0.05, 0.1) is 24.1 Å². The highest BCUT2D eigenvalue weighted by molar-refractivity contribution is 6.30. The van der Waals surface area contributed by atoms with Crippen molar-refractivity contribution >= 4 is 29.4 Å². The van der Waals surface area contributed by atoms with Crippen molar-refractivity contribution in [3.63, 3.8) is 0 Å². The van der Waals surface area contributed by atoms with E-state index in [0.717, 1.165) is 0 Å². The Morgan fingerprint density at radius 1 is 1.26 bits per heavy atom. The number of carbonyl (C=O) groups is 2. The molecule has 3 heterocycles. The van der Waals surface area contributed by atoms with Crippen LogP contribution in [-0.4, -0.2) is 50.6 Å². The Kier molecular flexibility index (Phi) is 8.14. The molecule has 0 bridgehead atoms. The van der Waals surface area contributed by atoms with Crippen LogP contribution in [0.1, 0.15) is 35.4 Å². The topological polar surface area (TPSA) is 133 Å². The molecule has 178 valence electrons. The maximum Gasteiger partial charge on any atom is 0.413 e. The summed E-state index contributed by atoms with van der Waals surface area (Å²) < 4.78 is 11.8. The zero-order chi connectivity index (χ0) is 24.7. The SMILES string of the molecule is C=C(CCNC(=O)c1ccc(-c2nnn(C)c2NC(=O)O[C@H](C)c2cccnc2Cl)nc1)OC. The molecule has 0 unspecified atom stereocenters. The second kappa shape index (κ2) is 11.2. The van der Waals surface area contributed by atoms with Gasteiger partial charge in [0.25, 0.3) is 5.91 Å². The van der Waals surface area contributed by atoms with Crippen LogP contribution in [0.15, 0.2) is 49.0 Å². The standard InChI is InChI=1S/C22H24ClN7O4/c1-13(33-4)9-11-25-21(31)15-7-8-17(26-12-15)18-20(30(3)29-28-18)27-22(32)34-14(2)16-6-5-10-24-19(16)23/h5-8,10,12,14H,1,9,11H2,2-4H3,(H,25,31)(H,27,32)/t14-/m1/s1. The van der Waals surface area contributed by atoms with E-state index in [9.17, 15) is 9.59 Å². The second-order valence-electron chi connectivity index (χ2n) is 7.15. The maximum atomic E-state index is 12.5. The number of carbonyl (C=O) groups excluding carboxylic acids is 2. The van der Waals surface area contributed by atoms with E-state index >= 15 is 0 Å². The molecule has 0 aliphatic rings. The van der Waals surface area contributed by atoms with Gasteiger partial charge < -0.3 is 14.8 Å². The van der Waals surface area contributed by atoms with Crippen molar-refractivity contribution in [2.24, 2.45) is 7.05 Å². The van der Waals surface area contributed by atoms with E-state index in [1.54, 1.807) is 44.4 Å². The zero-order valence-electron chi connectivity index (χ0n) is 18.9. The summed E-state index contributed by atoms with van der Waals surface area (Å²) in [6, 6.07) is 6.64. The molecule has 3 rings (SSSR count). The van der Waals surface area contributed by atoms with Gasteiger partial charge in [-0.15, -0.1) is 5.10 Å². The smallest absolute Gasteiger partial charge is 0.413 e. The van der Waals surface area contributed by atoms with Crippen molar-refractivity contribution in [2.75, 3.05) is 19.0 Å². The lowest BCUT2D eigenvalue weighted by molar-refractivity contribution is 0.0952. The lowest BCUT2D eigenvalue weighted by atomic mass is 10.2. The summed E-state index contributed by atoms with van der Waals surface area (Å²) in [5, 5.41) is 13.7. The number of hydrogen-bond donors (Lipinski definition) is 2. The second-order valence-corrected chi connectivity index (χ2v) is 7.51. The number of nitrogens with one attached hydrogen (secondary N) is 2. The first kappa shape index (κ1) is 24.6. The average Bonchev–Trinajstić information content (AvgIpc) is 3.18.